The minimum absolute atomic E-state index is 0.0371. The van der Waals surface area contributed by atoms with Crippen LogP contribution in [0.15, 0.2) is 65.3 Å². The van der Waals surface area contributed by atoms with Gasteiger partial charge in [0.2, 0.25) is 0 Å². The van der Waals surface area contributed by atoms with Gasteiger partial charge in [-0.05, 0) is 18.2 Å². The predicted octanol–water partition coefficient (Wildman–Crippen LogP) is 4.61. The number of benzene rings is 2. The number of anilines is 1. The fraction of sp³-hybridized carbons (Fsp3) is 0.0588. The van der Waals surface area contributed by atoms with Crippen molar-refractivity contribution in [1.29, 1.82) is 0 Å². The highest BCUT2D eigenvalue weighted by Crippen LogP contribution is 2.31. The summed E-state index contributed by atoms with van der Waals surface area (Å²) in [5, 5.41) is 6.03. The summed E-state index contributed by atoms with van der Waals surface area (Å²) in [6, 6.07) is 13.2. The first-order chi connectivity index (χ1) is 11.4. The summed E-state index contributed by atoms with van der Waals surface area (Å²) in [6.45, 7) is 0. The number of hydrogen-bond donors (Lipinski definition) is 1. The van der Waals surface area contributed by atoms with E-state index in [1.807, 2.05) is 6.07 Å². The Kier molecular flexibility index (Phi) is 4.07. The lowest BCUT2D eigenvalue weighted by Gasteiger charge is -2.09. The molecule has 24 heavy (non-hydrogen) atoms. The molecule has 3 rings (SSSR count). The molecule has 0 bridgehead atoms. The predicted molar refractivity (Wildman–Crippen MR) is 81.3 cm³/mol. The molecule has 1 amide bonds. The maximum atomic E-state index is 12.7. The Hall–Kier alpha value is -3.09. The SMILES string of the molecule is O=C(Nc1cccc(C(F)(F)F)c1)c1cnoc1-c1ccccc1. The first kappa shape index (κ1) is 15.8. The van der Waals surface area contributed by atoms with Gasteiger partial charge in [0, 0.05) is 11.3 Å². The smallest absolute Gasteiger partial charge is 0.355 e. The number of hydrogen-bond acceptors (Lipinski definition) is 3. The van der Waals surface area contributed by atoms with Crippen LogP contribution in [0, 0.1) is 0 Å². The minimum Gasteiger partial charge on any atom is -0.355 e. The number of halogens is 3. The van der Waals surface area contributed by atoms with Crippen LogP contribution in [0.4, 0.5) is 18.9 Å². The summed E-state index contributed by atoms with van der Waals surface area (Å²) < 4.78 is 43.3. The summed E-state index contributed by atoms with van der Waals surface area (Å²) in [7, 11) is 0. The number of nitrogens with zero attached hydrogens (tertiary/aromatic N) is 1. The van der Waals surface area contributed by atoms with Crippen molar-refractivity contribution in [1.82, 2.24) is 5.16 Å². The summed E-state index contributed by atoms with van der Waals surface area (Å²) in [5.41, 5.74) is -0.0215. The van der Waals surface area contributed by atoms with E-state index in [0.717, 1.165) is 12.1 Å². The Morgan fingerprint density at radius 3 is 2.50 bits per heavy atom. The Morgan fingerprint density at radius 2 is 1.79 bits per heavy atom. The Morgan fingerprint density at radius 1 is 1.04 bits per heavy atom. The van der Waals surface area contributed by atoms with Crippen molar-refractivity contribution in [3.05, 3.63) is 71.9 Å². The number of alkyl halides is 3. The van der Waals surface area contributed by atoms with Gasteiger partial charge < -0.3 is 9.84 Å². The second kappa shape index (κ2) is 6.19. The van der Waals surface area contributed by atoms with Crippen LogP contribution < -0.4 is 5.32 Å². The monoisotopic (exact) mass is 332 g/mol. The molecular formula is C17H11F3N2O2. The van der Waals surface area contributed by atoms with E-state index in [0.29, 0.717) is 5.56 Å². The fourth-order valence-corrected chi connectivity index (χ4v) is 2.17. The Bertz CT molecular complexity index is 858. The van der Waals surface area contributed by atoms with Crippen molar-refractivity contribution in [3.63, 3.8) is 0 Å². The van der Waals surface area contributed by atoms with E-state index in [-0.39, 0.29) is 17.0 Å². The zero-order chi connectivity index (χ0) is 17.2. The lowest BCUT2D eigenvalue weighted by atomic mass is 10.1. The van der Waals surface area contributed by atoms with Crippen molar-refractivity contribution < 1.29 is 22.5 Å². The number of carbonyl (C=O) groups excluding carboxylic acids is 1. The van der Waals surface area contributed by atoms with Crippen LogP contribution >= 0.6 is 0 Å². The van der Waals surface area contributed by atoms with E-state index >= 15 is 0 Å². The summed E-state index contributed by atoms with van der Waals surface area (Å²) >= 11 is 0. The Labute approximate surface area is 134 Å². The molecule has 4 nitrogen and oxygen atoms in total. The van der Waals surface area contributed by atoms with Crippen molar-refractivity contribution in [2.24, 2.45) is 0 Å². The van der Waals surface area contributed by atoms with E-state index in [9.17, 15) is 18.0 Å². The molecule has 1 heterocycles. The van der Waals surface area contributed by atoms with Crippen molar-refractivity contribution >= 4 is 11.6 Å². The fourth-order valence-electron chi connectivity index (χ4n) is 2.17. The van der Waals surface area contributed by atoms with E-state index < -0.39 is 17.6 Å². The normalized spacial score (nSPS) is 11.3. The van der Waals surface area contributed by atoms with E-state index in [1.165, 1.54) is 18.3 Å². The molecule has 122 valence electrons. The molecule has 0 fully saturated rings. The van der Waals surface area contributed by atoms with Gasteiger partial charge in [0.05, 0.1) is 11.8 Å². The van der Waals surface area contributed by atoms with Gasteiger partial charge >= 0.3 is 6.18 Å². The lowest BCUT2D eigenvalue weighted by Crippen LogP contribution is -2.13. The summed E-state index contributed by atoms with van der Waals surface area (Å²) in [5.74, 6) is -0.352. The highest BCUT2D eigenvalue weighted by molar-refractivity contribution is 6.07. The molecule has 0 aliphatic carbocycles. The molecule has 3 aromatic rings. The average molecular weight is 332 g/mol. The standard InChI is InChI=1S/C17H11F3N2O2/c18-17(19,20)12-7-4-8-13(9-12)22-16(23)14-10-21-24-15(14)11-5-2-1-3-6-11/h1-10H,(H,22,23). The first-order valence-electron chi connectivity index (χ1n) is 6.94. The molecule has 0 radical (unpaired) electrons. The topological polar surface area (TPSA) is 55.1 Å². The number of carbonyl (C=O) groups is 1. The molecule has 0 saturated carbocycles. The van der Waals surface area contributed by atoms with Crippen LogP contribution in [-0.4, -0.2) is 11.1 Å². The zero-order valence-electron chi connectivity index (χ0n) is 12.2. The molecule has 0 atom stereocenters. The average Bonchev–Trinajstić information content (AvgIpc) is 3.05. The molecule has 7 heteroatoms. The summed E-state index contributed by atoms with van der Waals surface area (Å²) in [4.78, 5) is 12.3. The van der Waals surface area contributed by atoms with Gasteiger partial charge in [-0.2, -0.15) is 13.2 Å². The number of aromatic nitrogens is 1. The number of nitrogens with one attached hydrogen (secondary N) is 1. The van der Waals surface area contributed by atoms with Crippen LogP contribution in [-0.2, 0) is 6.18 Å². The number of rotatable bonds is 3. The zero-order valence-corrected chi connectivity index (χ0v) is 12.2. The second-order valence-corrected chi connectivity index (χ2v) is 4.97. The summed E-state index contributed by atoms with van der Waals surface area (Å²) in [6.07, 6.45) is -3.25. The van der Waals surface area contributed by atoms with Crippen molar-refractivity contribution in [3.8, 4) is 11.3 Å². The minimum atomic E-state index is -4.48. The van der Waals surface area contributed by atoms with Gasteiger partial charge in [0.15, 0.2) is 5.76 Å². The van der Waals surface area contributed by atoms with Gasteiger partial charge in [-0.25, -0.2) is 0 Å². The highest BCUT2D eigenvalue weighted by Gasteiger charge is 2.30. The van der Waals surface area contributed by atoms with Gasteiger partial charge in [0.1, 0.15) is 5.56 Å². The van der Waals surface area contributed by atoms with Gasteiger partial charge in [0.25, 0.3) is 5.91 Å². The third-order valence-corrected chi connectivity index (χ3v) is 3.30. The van der Waals surface area contributed by atoms with Gasteiger partial charge in [-0.3, -0.25) is 4.79 Å². The van der Waals surface area contributed by atoms with Gasteiger partial charge in [-0.1, -0.05) is 41.6 Å². The lowest BCUT2D eigenvalue weighted by molar-refractivity contribution is -0.137. The third kappa shape index (κ3) is 3.29. The molecular weight excluding hydrogens is 321 g/mol. The molecule has 0 aliphatic heterocycles. The molecule has 0 saturated heterocycles. The molecule has 2 aromatic carbocycles. The maximum absolute atomic E-state index is 12.7. The van der Waals surface area contributed by atoms with Crippen LogP contribution in [0.5, 0.6) is 0 Å². The quantitative estimate of drug-likeness (QED) is 0.762. The highest BCUT2D eigenvalue weighted by atomic mass is 19.4. The first-order valence-corrected chi connectivity index (χ1v) is 6.94. The van der Waals surface area contributed by atoms with Crippen molar-refractivity contribution in [2.75, 3.05) is 5.32 Å². The second-order valence-electron chi connectivity index (χ2n) is 4.97. The van der Waals surface area contributed by atoms with Crippen LogP contribution in [0.1, 0.15) is 15.9 Å². The van der Waals surface area contributed by atoms with Crippen molar-refractivity contribution in [2.45, 2.75) is 6.18 Å². The van der Waals surface area contributed by atoms with Crippen LogP contribution in [0.3, 0.4) is 0 Å². The molecule has 0 unspecified atom stereocenters. The maximum Gasteiger partial charge on any atom is 0.416 e. The van der Waals surface area contributed by atoms with E-state index in [2.05, 4.69) is 10.5 Å². The Balaban J connectivity index is 1.86. The third-order valence-electron chi connectivity index (χ3n) is 3.30. The molecule has 1 N–H and O–H groups in total. The molecule has 1 aromatic heterocycles. The largest absolute Gasteiger partial charge is 0.416 e. The molecule has 0 spiro atoms. The van der Waals surface area contributed by atoms with Gasteiger partial charge in [-0.15, -0.1) is 0 Å². The van der Waals surface area contributed by atoms with E-state index in [4.69, 9.17) is 4.52 Å². The molecule has 0 aliphatic rings. The number of amides is 1. The van der Waals surface area contributed by atoms with E-state index in [1.54, 1.807) is 24.3 Å². The van der Waals surface area contributed by atoms with Crippen LogP contribution in [0.25, 0.3) is 11.3 Å². The van der Waals surface area contributed by atoms with Crippen LogP contribution in [0.2, 0.25) is 0 Å².